The van der Waals surface area contributed by atoms with Crippen LogP contribution >= 0.6 is 23.4 Å². The summed E-state index contributed by atoms with van der Waals surface area (Å²) in [4.78, 5) is 0. The van der Waals surface area contributed by atoms with E-state index < -0.39 is 0 Å². The lowest BCUT2D eigenvalue weighted by atomic mass is 10.2. The highest BCUT2D eigenvalue weighted by atomic mass is 35.5. The lowest BCUT2D eigenvalue weighted by Gasteiger charge is -2.10. The van der Waals surface area contributed by atoms with Crippen molar-refractivity contribution in [1.82, 2.24) is 0 Å². The van der Waals surface area contributed by atoms with Gasteiger partial charge in [-0.3, -0.25) is 0 Å². The molecule has 0 amide bonds. The maximum Gasteiger partial charge on any atom is 0.173 e. The molecule has 0 aliphatic carbocycles. The van der Waals surface area contributed by atoms with Crippen molar-refractivity contribution in [3.63, 3.8) is 0 Å². The number of amidine groups is 1. The zero-order valence-electron chi connectivity index (χ0n) is 8.81. The summed E-state index contributed by atoms with van der Waals surface area (Å²) < 4.78 is 5.50. The predicted octanol–water partition coefficient (Wildman–Crippen LogP) is 2.18. The van der Waals surface area contributed by atoms with Gasteiger partial charge in [0.2, 0.25) is 0 Å². The minimum absolute atomic E-state index is 0.0100. The Kier molecular flexibility index (Phi) is 5.28. The largest absolute Gasteiger partial charge is 0.492 e. The molecule has 1 aromatic carbocycles. The topological polar surface area (TPSA) is 67.8 Å². The summed E-state index contributed by atoms with van der Waals surface area (Å²) in [5.74, 6) is 1.40. The van der Waals surface area contributed by atoms with Crippen molar-refractivity contribution in [3.8, 4) is 5.75 Å². The third-order valence-corrected chi connectivity index (χ3v) is 2.68. The van der Waals surface area contributed by atoms with Crippen LogP contribution in [0, 0.1) is 0 Å². The second kappa shape index (κ2) is 6.50. The van der Waals surface area contributed by atoms with E-state index in [2.05, 4.69) is 5.16 Å². The fraction of sp³-hybridized carbons (Fsp3) is 0.300. The van der Waals surface area contributed by atoms with Gasteiger partial charge in [0.1, 0.15) is 5.75 Å². The van der Waals surface area contributed by atoms with Crippen LogP contribution < -0.4 is 10.5 Å². The van der Waals surface area contributed by atoms with Gasteiger partial charge in [-0.25, -0.2) is 0 Å². The van der Waals surface area contributed by atoms with Crippen molar-refractivity contribution in [1.29, 1.82) is 0 Å². The molecule has 0 radical (unpaired) electrons. The number of nitrogens with zero attached hydrogens (tertiary/aromatic N) is 1. The summed E-state index contributed by atoms with van der Waals surface area (Å²) in [6.07, 6.45) is 1.99. The van der Waals surface area contributed by atoms with Crippen LogP contribution in [-0.4, -0.2) is 29.7 Å². The average Bonchev–Trinajstić information content (AvgIpc) is 2.29. The van der Waals surface area contributed by atoms with Crippen molar-refractivity contribution in [2.24, 2.45) is 10.9 Å². The number of thioether (sulfide) groups is 1. The Morgan fingerprint density at radius 2 is 2.38 bits per heavy atom. The molecule has 0 unspecified atom stereocenters. The number of nitrogens with two attached hydrogens (primary N) is 1. The Balaban J connectivity index is 2.90. The lowest BCUT2D eigenvalue weighted by Crippen LogP contribution is -2.15. The monoisotopic (exact) mass is 260 g/mol. The van der Waals surface area contributed by atoms with E-state index in [1.165, 1.54) is 0 Å². The molecule has 0 aliphatic rings. The van der Waals surface area contributed by atoms with E-state index in [0.717, 1.165) is 5.75 Å². The first-order chi connectivity index (χ1) is 7.69. The molecular formula is C10H13ClN2O2S. The van der Waals surface area contributed by atoms with Gasteiger partial charge in [-0.2, -0.15) is 11.8 Å². The first-order valence-electron chi connectivity index (χ1n) is 4.58. The number of halogens is 1. The fourth-order valence-corrected chi connectivity index (χ4v) is 1.53. The summed E-state index contributed by atoms with van der Waals surface area (Å²) >= 11 is 7.53. The quantitative estimate of drug-likeness (QED) is 0.280. The van der Waals surface area contributed by atoms with Crippen LogP contribution in [0.2, 0.25) is 5.02 Å². The fourth-order valence-electron chi connectivity index (χ4n) is 1.12. The van der Waals surface area contributed by atoms with E-state index in [-0.39, 0.29) is 5.84 Å². The smallest absolute Gasteiger partial charge is 0.173 e. The van der Waals surface area contributed by atoms with Crippen molar-refractivity contribution in [3.05, 3.63) is 28.8 Å². The van der Waals surface area contributed by atoms with Gasteiger partial charge in [-0.1, -0.05) is 16.8 Å². The van der Waals surface area contributed by atoms with Crippen LogP contribution in [0.1, 0.15) is 5.56 Å². The second-order valence-electron chi connectivity index (χ2n) is 2.97. The van der Waals surface area contributed by atoms with E-state index in [1.807, 2.05) is 6.26 Å². The van der Waals surface area contributed by atoms with Crippen molar-refractivity contribution < 1.29 is 9.94 Å². The van der Waals surface area contributed by atoms with Crippen molar-refractivity contribution in [2.45, 2.75) is 0 Å². The Bertz CT molecular complexity index is 385. The van der Waals surface area contributed by atoms with Gasteiger partial charge in [0.05, 0.1) is 12.2 Å². The molecule has 3 N–H and O–H groups in total. The van der Waals surface area contributed by atoms with E-state index >= 15 is 0 Å². The van der Waals surface area contributed by atoms with Crippen molar-refractivity contribution >= 4 is 29.2 Å². The Labute approximate surface area is 103 Å². The SMILES string of the molecule is CSCCOc1cc(Cl)ccc1/C(N)=N/O. The molecular weight excluding hydrogens is 248 g/mol. The molecule has 0 bridgehead atoms. The van der Waals surface area contributed by atoms with Gasteiger partial charge in [-0.05, 0) is 24.5 Å². The van der Waals surface area contributed by atoms with Gasteiger partial charge >= 0.3 is 0 Å². The first kappa shape index (κ1) is 13.0. The maximum absolute atomic E-state index is 8.62. The first-order valence-corrected chi connectivity index (χ1v) is 6.35. The molecule has 88 valence electrons. The van der Waals surface area contributed by atoms with Gasteiger partial charge in [0, 0.05) is 10.8 Å². The molecule has 0 aromatic heterocycles. The van der Waals surface area contributed by atoms with E-state index in [1.54, 1.807) is 30.0 Å². The predicted molar refractivity (Wildman–Crippen MR) is 67.8 cm³/mol. The van der Waals surface area contributed by atoms with Gasteiger partial charge in [0.15, 0.2) is 5.84 Å². The average molecular weight is 261 g/mol. The van der Waals surface area contributed by atoms with Crippen LogP contribution in [0.4, 0.5) is 0 Å². The molecule has 4 nitrogen and oxygen atoms in total. The molecule has 0 atom stereocenters. The Hall–Kier alpha value is -1.07. The van der Waals surface area contributed by atoms with Crippen LogP contribution in [0.25, 0.3) is 0 Å². The summed E-state index contributed by atoms with van der Waals surface area (Å²) in [7, 11) is 0. The molecule has 0 heterocycles. The lowest BCUT2D eigenvalue weighted by molar-refractivity contribution is 0.317. The standard InChI is InChI=1S/C10H13ClN2O2S/c1-16-5-4-15-9-6-7(11)2-3-8(9)10(12)13-14/h2-3,6,14H,4-5H2,1H3,(H2,12,13). The molecule has 0 aliphatic heterocycles. The van der Waals surface area contributed by atoms with E-state index in [9.17, 15) is 0 Å². The highest BCUT2D eigenvalue weighted by molar-refractivity contribution is 7.98. The van der Waals surface area contributed by atoms with Gasteiger partial charge in [-0.15, -0.1) is 0 Å². The van der Waals surface area contributed by atoms with Crippen LogP contribution in [0.5, 0.6) is 5.75 Å². The third-order valence-electron chi connectivity index (χ3n) is 1.87. The molecule has 1 rings (SSSR count). The number of hydrogen-bond acceptors (Lipinski definition) is 4. The highest BCUT2D eigenvalue weighted by Crippen LogP contribution is 2.23. The van der Waals surface area contributed by atoms with Crippen LogP contribution in [0.3, 0.4) is 0 Å². The Morgan fingerprint density at radius 1 is 1.62 bits per heavy atom. The molecule has 1 aromatic rings. The Morgan fingerprint density at radius 3 is 3.00 bits per heavy atom. The second-order valence-corrected chi connectivity index (χ2v) is 4.39. The number of oxime groups is 1. The minimum atomic E-state index is 0.0100. The van der Waals surface area contributed by atoms with Crippen LogP contribution in [0.15, 0.2) is 23.4 Å². The zero-order chi connectivity index (χ0) is 12.0. The number of hydrogen-bond donors (Lipinski definition) is 2. The minimum Gasteiger partial charge on any atom is -0.492 e. The summed E-state index contributed by atoms with van der Waals surface area (Å²) in [5.41, 5.74) is 6.06. The maximum atomic E-state index is 8.62. The molecule has 0 saturated carbocycles. The van der Waals surface area contributed by atoms with Crippen LogP contribution in [-0.2, 0) is 0 Å². The molecule has 0 spiro atoms. The van der Waals surface area contributed by atoms with Gasteiger partial charge < -0.3 is 15.7 Å². The highest BCUT2D eigenvalue weighted by Gasteiger charge is 2.08. The van der Waals surface area contributed by atoms with Gasteiger partial charge in [0.25, 0.3) is 0 Å². The summed E-state index contributed by atoms with van der Waals surface area (Å²) in [6, 6.07) is 4.97. The zero-order valence-corrected chi connectivity index (χ0v) is 10.4. The van der Waals surface area contributed by atoms with Crippen molar-refractivity contribution in [2.75, 3.05) is 18.6 Å². The van der Waals surface area contributed by atoms with E-state index in [4.69, 9.17) is 27.3 Å². The summed E-state index contributed by atoms with van der Waals surface area (Å²) in [6.45, 7) is 0.549. The summed E-state index contributed by atoms with van der Waals surface area (Å²) in [5, 5.41) is 12.1. The number of benzene rings is 1. The number of ether oxygens (including phenoxy) is 1. The normalized spacial score (nSPS) is 11.5. The van der Waals surface area contributed by atoms with E-state index in [0.29, 0.717) is 22.9 Å². The molecule has 0 fully saturated rings. The third kappa shape index (κ3) is 3.50. The molecule has 0 saturated heterocycles. The molecule has 6 heteroatoms. The molecule has 16 heavy (non-hydrogen) atoms. The number of rotatable bonds is 5.